The molecule has 0 unspecified atom stereocenters. The molecule has 3 aromatic rings. The van der Waals surface area contributed by atoms with Crippen LogP contribution in [0.3, 0.4) is 0 Å². The fourth-order valence-electron chi connectivity index (χ4n) is 2.82. The predicted molar refractivity (Wildman–Crippen MR) is 108 cm³/mol. The number of hydrogen-bond donors (Lipinski definition) is 1. The number of rotatable bonds is 5. The van der Waals surface area contributed by atoms with Gasteiger partial charge in [0.1, 0.15) is 10.5 Å². The highest BCUT2D eigenvalue weighted by Gasteiger charge is 2.18. The largest absolute Gasteiger partial charge is 0.439 e. The summed E-state index contributed by atoms with van der Waals surface area (Å²) in [6.07, 6.45) is 1.73. The van der Waals surface area contributed by atoms with E-state index in [1.54, 1.807) is 17.7 Å². The molecule has 4 heterocycles. The molecule has 0 bridgehead atoms. The summed E-state index contributed by atoms with van der Waals surface area (Å²) in [7, 11) is 0. The predicted octanol–water partition coefficient (Wildman–Crippen LogP) is 3.96. The zero-order valence-corrected chi connectivity index (χ0v) is 15.6. The van der Waals surface area contributed by atoms with E-state index >= 15 is 0 Å². The second-order valence-corrected chi connectivity index (χ2v) is 7.33. The van der Waals surface area contributed by atoms with Crippen LogP contribution in [0.5, 0.6) is 0 Å². The molecular formula is C18H17N3O3S2. The van der Waals surface area contributed by atoms with Gasteiger partial charge in [0, 0.05) is 36.3 Å². The highest BCUT2D eigenvalue weighted by molar-refractivity contribution is 8.03. The van der Waals surface area contributed by atoms with E-state index in [0.29, 0.717) is 29.4 Å². The van der Waals surface area contributed by atoms with E-state index in [9.17, 15) is 4.79 Å². The third kappa shape index (κ3) is 3.35. The normalized spacial score (nSPS) is 14.5. The summed E-state index contributed by atoms with van der Waals surface area (Å²) in [5.41, 5.74) is 2.45. The number of ether oxygens (including phenoxy) is 1. The molecule has 1 aliphatic rings. The summed E-state index contributed by atoms with van der Waals surface area (Å²) in [5.74, 6) is 1.32. The molecule has 3 aromatic heterocycles. The monoisotopic (exact) mass is 387 g/mol. The summed E-state index contributed by atoms with van der Waals surface area (Å²) in [5, 5.41) is 3.65. The van der Waals surface area contributed by atoms with E-state index in [1.165, 1.54) is 23.3 Å². The lowest BCUT2D eigenvalue weighted by Gasteiger charge is -2.27. The van der Waals surface area contributed by atoms with Crippen molar-refractivity contribution in [1.82, 2.24) is 4.98 Å². The van der Waals surface area contributed by atoms with Gasteiger partial charge in [-0.3, -0.25) is 4.79 Å². The maximum absolute atomic E-state index is 12.5. The molecule has 26 heavy (non-hydrogen) atoms. The molecule has 6 nitrogen and oxygen atoms in total. The second kappa shape index (κ2) is 7.53. The molecule has 1 N–H and O–H groups in total. The number of pyridine rings is 1. The van der Waals surface area contributed by atoms with Crippen molar-refractivity contribution in [1.29, 1.82) is 0 Å². The lowest BCUT2D eigenvalue weighted by molar-refractivity contribution is 0.121. The Bertz CT molecular complexity index is 993. The highest BCUT2D eigenvalue weighted by Crippen LogP contribution is 2.35. The maximum atomic E-state index is 12.5. The van der Waals surface area contributed by atoms with Gasteiger partial charge in [0.15, 0.2) is 11.5 Å². The fourth-order valence-corrected chi connectivity index (χ4v) is 4.05. The summed E-state index contributed by atoms with van der Waals surface area (Å²) in [6, 6.07) is 5.42. The third-order valence-electron chi connectivity index (χ3n) is 4.07. The van der Waals surface area contributed by atoms with Crippen LogP contribution in [0.2, 0.25) is 0 Å². The zero-order chi connectivity index (χ0) is 17.9. The Balaban J connectivity index is 1.77. The number of nitrogens with zero attached hydrogens (tertiary/aromatic N) is 2. The highest BCUT2D eigenvalue weighted by atomic mass is 32.2. The summed E-state index contributed by atoms with van der Waals surface area (Å²) >= 11 is 2.76. The Kier molecular flexibility index (Phi) is 4.96. The van der Waals surface area contributed by atoms with E-state index in [-0.39, 0.29) is 5.43 Å². The first-order chi connectivity index (χ1) is 12.8. The molecule has 4 rings (SSSR count). The van der Waals surface area contributed by atoms with E-state index in [1.807, 2.05) is 22.4 Å². The number of thiophene rings is 1. The van der Waals surface area contributed by atoms with Gasteiger partial charge in [0.25, 0.3) is 0 Å². The first kappa shape index (κ1) is 17.1. The zero-order valence-electron chi connectivity index (χ0n) is 13.9. The Morgan fingerprint density at radius 2 is 2.19 bits per heavy atom. The Morgan fingerprint density at radius 1 is 1.35 bits per heavy atom. The van der Waals surface area contributed by atoms with Gasteiger partial charge in [-0.1, -0.05) is 6.58 Å². The van der Waals surface area contributed by atoms with Crippen LogP contribution in [-0.4, -0.2) is 31.3 Å². The van der Waals surface area contributed by atoms with Crippen LogP contribution >= 0.6 is 23.3 Å². The second-order valence-electron chi connectivity index (χ2n) is 5.67. The Hall–Kier alpha value is -2.29. The topological polar surface area (TPSA) is 67.6 Å². The molecule has 0 radical (unpaired) electrons. The van der Waals surface area contributed by atoms with Crippen LogP contribution in [0.15, 0.2) is 51.0 Å². The number of anilines is 2. The molecule has 0 amide bonds. The number of aromatic nitrogens is 1. The molecule has 0 saturated carbocycles. The van der Waals surface area contributed by atoms with Crippen LogP contribution < -0.4 is 15.1 Å². The molecule has 8 heteroatoms. The minimum Gasteiger partial charge on any atom is -0.439 e. The molecule has 0 aromatic carbocycles. The molecule has 1 fully saturated rings. The Morgan fingerprint density at radius 3 is 3.00 bits per heavy atom. The van der Waals surface area contributed by atoms with Crippen LogP contribution in [0, 0.1) is 0 Å². The van der Waals surface area contributed by atoms with Gasteiger partial charge in [-0.2, -0.15) is 0 Å². The average Bonchev–Trinajstić information content (AvgIpc) is 3.12. The van der Waals surface area contributed by atoms with Crippen LogP contribution in [0.25, 0.3) is 21.4 Å². The SMILES string of the molecule is C=CSNc1cc(-c2csc3c(=O)cc(N4CCOCC4)oc23)ccn1. The van der Waals surface area contributed by atoms with Crippen molar-refractivity contribution < 1.29 is 9.15 Å². The fraction of sp³-hybridized carbons (Fsp3) is 0.222. The number of morpholine rings is 1. The molecule has 1 aliphatic heterocycles. The smallest absolute Gasteiger partial charge is 0.204 e. The molecule has 0 atom stereocenters. The summed E-state index contributed by atoms with van der Waals surface area (Å²) in [6.45, 7) is 6.38. The van der Waals surface area contributed by atoms with Gasteiger partial charge >= 0.3 is 0 Å². The van der Waals surface area contributed by atoms with E-state index in [4.69, 9.17) is 9.15 Å². The van der Waals surface area contributed by atoms with Crippen LogP contribution in [0.1, 0.15) is 0 Å². The average molecular weight is 387 g/mol. The van der Waals surface area contributed by atoms with Gasteiger partial charge in [0.2, 0.25) is 5.43 Å². The van der Waals surface area contributed by atoms with Crippen molar-refractivity contribution in [2.24, 2.45) is 0 Å². The lowest BCUT2D eigenvalue weighted by Crippen LogP contribution is -2.36. The first-order valence-corrected chi connectivity index (χ1v) is 9.89. The quantitative estimate of drug-likeness (QED) is 0.665. The van der Waals surface area contributed by atoms with Crippen molar-refractivity contribution in [3.8, 4) is 11.1 Å². The molecule has 1 saturated heterocycles. The van der Waals surface area contributed by atoms with E-state index in [0.717, 1.165) is 30.0 Å². The van der Waals surface area contributed by atoms with Gasteiger partial charge < -0.3 is 18.8 Å². The third-order valence-corrected chi connectivity index (χ3v) is 5.54. The van der Waals surface area contributed by atoms with Crippen molar-refractivity contribution in [3.63, 3.8) is 0 Å². The molecule has 134 valence electrons. The maximum Gasteiger partial charge on any atom is 0.204 e. The van der Waals surface area contributed by atoms with Crippen molar-refractivity contribution >= 4 is 45.3 Å². The first-order valence-electron chi connectivity index (χ1n) is 8.13. The van der Waals surface area contributed by atoms with Crippen LogP contribution in [-0.2, 0) is 4.74 Å². The number of hydrogen-bond acceptors (Lipinski definition) is 8. The van der Waals surface area contributed by atoms with Gasteiger partial charge in [0.05, 0.1) is 13.2 Å². The molecule has 0 aliphatic carbocycles. The minimum absolute atomic E-state index is 0.0152. The molecule has 0 spiro atoms. The summed E-state index contributed by atoms with van der Waals surface area (Å²) in [4.78, 5) is 18.9. The van der Waals surface area contributed by atoms with Crippen molar-refractivity contribution in [2.45, 2.75) is 0 Å². The van der Waals surface area contributed by atoms with E-state index in [2.05, 4.69) is 16.3 Å². The number of nitrogens with one attached hydrogen (secondary N) is 1. The van der Waals surface area contributed by atoms with Gasteiger partial charge in [-0.05, 0) is 35.1 Å². The van der Waals surface area contributed by atoms with Crippen molar-refractivity contribution in [3.05, 3.63) is 52.0 Å². The minimum atomic E-state index is -0.0152. The lowest BCUT2D eigenvalue weighted by atomic mass is 10.1. The summed E-state index contributed by atoms with van der Waals surface area (Å²) < 4.78 is 15.3. The molecular weight excluding hydrogens is 370 g/mol. The standard InChI is InChI=1S/C18H17N3O3S2/c1-2-26-20-15-9-12(3-4-19-15)13-11-25-18-14(22)10-16(24-17(13)18)21-5-7-23-8-6-21/h2-4,9-11H,1,5-8H2,(H,19,20). The van der Waals surface area contributed by atoms with Gasteiger partial charge in [-0.25, -0.2) is 4.98 Å². The van der Waals surface area contributed by atoms with E-state index < -0.39 is 0 Å². The number of fused-ring (bicyclic) bond motifs is 1. The Labute approximate surface area is 158 Å². The van der Waals surface area contributed by atoms with Crippen LogP contribution in [0.4, 0.5) is 11.7 Å². The van der Waals surface area contributed by atoms with Crippen molar-refractivity contribution in [2.75, 3.05) is 35.9 Å². The van der Waals surface area contributed by atoms with Gasteiger partial charge in [-0.15, -0.1) is 11.3 Å².